The van der Waals surface area contributed by atoms with Crippen LogP contribution in [0.2, 0.25) is 0 Å². The van der Waals surface area contributed by atoms with E-state index < -0.39 is 0 Å². The molecule has 6 heteroatoms. The Bertz CT molecular complexity index is 852. The molecule has 130 valence electrons. The van der Waals surface area contributed by atoms with Gasteiger partial charge in [-0.1, -0.05) is 17.7 Å². The van der Waals surface area contributed by atoms with E-state index in [1.807, 2.05) is 29.9 Å². The SMILES string of the molecule is Cc1ccc(SCCNC(=O)c2cc(C)n(-c3nccs3)c2C)cc1. The molecule has 3 aromatic rings. The molecule has 1 amide bonds. The van der Waals surface area contributed by atoms with Crippen molar-refractivity contribution in [2.24, 2.45) is 0 Å². The fourth-order valence-corrected chi connectivity index (χ4v) is 4.20. The number of nitrogens with one attached hydrogen (secondary N) is 1. The van der Waals surface area contributed by atoms with Crippen molar-refractivity contribution in [2.75, 3.05) is 12.3 Å². The van der Waals surface area contributed by atoms with Gasteiger partial charge < -0.3 is 5.32 Å². The fourth-order valence-electron chi connectivity index (χ4n) is 2.68. The molecule has 0 aliphatic heterocycles. The van der Waals surface area contributed by atoms with Crippen LogP contribution < -0.4 is 5.32 Å². The molecule has 0 spiro atoms. The number of hydrogen-bond acceptors (Lipinski definition) is 4. The maximum absolute atomic E-state index is 12.5. The number of thioether (sulfide) groups is 1. The van der Waals surface area contributed by atoms with E-state index in [0.717, 1.165) is 22.3 Å². The lowest BCUT2D eigenvalue weighted by molar-refractivity contribution is 0.0955. The molecule has 0 aliphatic carbocycles. The van der Waals surface area contributed by atoms with Crippen molar-refractivity contribution in [1.82, 2.24) is 14.9 Å². The van der Waals surface area contributed by atoms with Crippen LogP contribution in [0.1, 0.15) is 27.3 Å². The second kappa shape index (κ2) is 7.89. The molecule has 1 N–H and O–H groups in total. The molecule has 0 atom stereocenters. The van der Waals surface area contributed by atoms with Gasteiger partial charge in [0.2, 0.25) is 0 Å². The third-order valence-corrected chi connectivity index (χ3v) is 5.73. The minimum atomic E-state index is -0.0274. The Hall–Kier alpha value is -2.05. The first-order chi connectivity index (χ1) is 12.1. The highest BCUT2D eigenvalue weighted by Gasteiger charge is 2.17. The molecule has 0 aliphatic rings. The average molecular weight is 372 g/mol. The Morgan fingerprint density at radius 1 is 1.24 bits per heavy atom. The predicted molar refractivity (Wildman–Crippen MR) is 105 cm³/mol. The molecule has 25 heavy (non-hydrogen) atoms. The van der Waals surface area contributed by atoms with Crippen LogP contribution in [-0.2, 0) is 0 Å². The highest BCUT2D eigenvalue weighted by atomic mass is 32.2. The Labute approximate surface area is 156 Å². The summed E-state index contributed by atoms with van der Waals surface area (Å²) in [6.07, 6.45) is 1.78. The van der Waals surface area contributed by atoms with Gasteiger partial charge in [0.15, 0.2) is 5.13 Å². The summed E-state index contributed by atoms with van der Waals surface area (Å²) < 4.78 is 2.03. The summed E-state index contributed by atoms with van der Waals surface area (Å²) in [5, 5.41) is 5.85. The van der Waals surface area contributed by atoms with Crippen LogP contribution in [0.15, 0.2) is 46.8 Å². The van der Waals surface area contributed by atoms with E-state index in [9.17, 15) is 4.79 Å². The Morgan fingerprint density at radius 2 is 2.00 bits per heavy atom. The summed E-state index contributed by atoms with van der Waals surface area (Å²) in [6, 6.07) is 10.4. The van der Waals surface area contributed by atoms with Crippen molar-refractivity contribution in [2.45, 2.75) is 25.7 Å². The Kier molecular flexibility index (Phi) is 5.60. The second-order valence-electron chi connectivity index (χ2n) is 5.85. The van der Waals surface area contributed by atoms with Crippen LogP contribution in [0.5, 0.6) is 0 Å². The molecule has 0 saturated carbocycles. The summed E-state index contributed by atoms with van der Waals surface area (Å²) >= 11 is 3.31. The maximum atomic E-state index is 12.5. The summed E-state index contributed by atoms with van der Waals surface area (Å²) in [6.45, 7) is 6.68. The lowest BCUT2D eigenvalue weighted by Crippen LogP contribution is -2.26. The van der Waals surface area contributed by atoms with E-state index in [1.54, 1.807) is 29.3 Å². The number of thiazole rings is 1. The standard InChI is InChI=1S/C19H21N3OS2/c1-13-4-6-16(7-5-13)24-10-8-20-18(23)17-12-14(2)22(15(17)3)19-21-9-11-25-19/h4-7,9,11-12H,8,10H2,1-3H3,(H,20,23). The molecule has 0 bridgehead atoms. The van der Waals surface area contributed by atoms with Gasteiger partial charge in [-0.3, -0.25) is 9.36 Å². The number of carbonyl (C=O) groups is 1. The highest BCUT2D eigenvalue weighted by molar-refractivity contribution is 7.99. The third-order valence-electron chi connectivity index (χ3n) is 3.96. The number of carbonyl (C=O) groups excluding carboxylic acids is 1. The molecule has 0 saturated heterocycles. The number of aryl methyl sites for hydroxylation is 2. The summed E-state index contributed by atoms with van der Waals surface area (Å²) in [7, 11) is 0. The quantitative estimate of drug-likeness (QED) is 0.517. The first-order valence-electron chi connectivity index (χ1n) is 8.12. The summed E-state index contributed by atoms with van der Waals surface area (Å²) in [5.74, 6) is 0.820. The van der Waals surface area contributed by atoms with Crippen molar-refractivity contribution >= 4 is 29.0 Å². The van der Waals surface area contributed by atoms with Crippen LogP contribution in [0, 0.1) is 20.8 Å². The zero-order valence-electron chi connectivity index (χ0n) is 14.6. The summed E-state index contributed by atoms with van der Waals surface area (Å²) in [5.41, 5.74) is 3.92. The molecular formula is C19H21N3OS2. The van der Waals surface area contributed by atoms with Gasteiger partial charge in [0.25, 0.3) is 5.91 Å². The number of rotatable bonds is 6. The van der Waals surface area contributed by atoms with Crippen LogP contribution in [0.3, 0.4) is 0 Å². The number of aromatic nitrogens is 2. The smallest absolute Gasteiger partial charge is 0.253 e. The van der Waals surface area contributed by atoms with E-state index in [1.165, 1.54) is 10.5 Å². The van der Waals surface area contributed by atoms with Crippen molar-refractivity contribution < 1.29 is 4.79 Å². The largest absolute Gasteiger partial charge is 0.351 e. The monoisotopic (exact) mass is 371 g/mol. The van der Waals surface area contributed by atoms with Gasteiger partial charge in [-0.2, -0.15) is 0 Å². The normalized spacial score (nSPS) is 10.8. The predicted octanol–water partition coefficient (Wildman–Crippen LogP) is 4.38. The van der Waals surface area contributed by atoms with Crippen LogP contribution in [0.25, 0.3) is 5.13 Å². The van der Waals surface area contributed by atoms with Crippen molar-refractivity contribution in [3.8, 4) is 5.13 Å². The van der Waals surface area contributed by atoms with Gasteiger partial charge in [0.05, 0.1) is 5.56 Å². The third kappa shape index (κ3) is 4.14. The van der Waals surface area contributed by atoms with E-state index in [2.05, 4.69) is 41.5 Å². The zero-order valence-corrected chi connectivity index (χ0v) is 16.2. The first kappa shape index (κ1) is 17.8. The number of hydrogen-bond donors (Lipinski definition) is 1. The van der Waals surface area contributed by atoms with Crippen LogP contribution >= 0.6 is 23.1 Å². The molecule has 2 heterocycles. The van der Waals surface area contributed by atoms with E-state index in [0.29, 0.717) is 12.1 Å². The molecule has 0 fully saturated rings. The number of amides is 1. The summed E-state index contributed by atoms with van der Waals surface area (Å²) in [4.78, 5) is 18.1. The number of benzene rings is 1. The first-order valence-corrected chi connectivity index (χ1v) is 9.99. The van der Waals surface area contributed by atoms with Gasteiger partial charge >= 0.3 is 0 Å². The lowest BCUT2D eigenvalue weighted by atomic mass is 10.2. The van der Waals surface area contributed by atoms with Gasteiger partial charge in [0, 0.05) is 40.2 Å². The van der Waals surface area contributed by atoms with Crippen molar-refractivity contribution in [3.63, 3.8) is 0 Å². The second-order valence-corrected chi connectivity index (χ2v) is 7.89. The minimum absolute atomic E-state index is 0.0274. The average Bonchev–Trinajstić information content (AvgIpc) is 3.21. The maximum Gasteiger partial charge on any atom is 0.253 e. The molecular weight excluding hydrogens is 350 g/mol. The topological polar surface area (TPSA) is 46.9 Å². The molecule has 0 unspecified atom stereocenters. The van der Waals surface area contributed by atoms with E-state index >= 15 is 0 Å². The lowest BCUT2D eigenvalue weighted by Gasteiger charge is -2.07. The van der Waals surface area contributed by atoms with Gasteiger partial charge in [-0.15, -0.1) is 23.1 Å². The van der Waals surface area contributed by atoms with Gasteiger partial charge in [0.1, 0.15) is 0 Å². The van der Waals surface area contributed by atoms with Crippen LogP contribution in [0.4, 0.5) is 0 Å². The number of nitrogens with zero attached hydrogens (tertiary/aromatic N) is 2. The Morgan fingerprint density at radius 3 is 2.68 bits per heavy atom. The highest BCUT2D eigenvalue weighted by Crippen LogP contribution is 2.22. The van der Waals surface area contributed by atoms with Crippen molar-refractivity contribution in [1.29, 1.82) is 0 Å². The minimum Gasteiger partial charge on any atom is -0.351 e. The molecule has 2 aromatic heterocycles. The fraction of sp³-hybridized carbons (Fsp3) is 0.263. The van der Waals surface area contributed by atoms with E-state index in [-0.39, 0.29) is 5.91 Å². The van der Waals surface area contributed by atoms with Gasteiger partial charge in [-0.25, -0.2) is 4.98 Å². The molecule has 3 rings (SSSR count). The molecule has 1 aromatic carbocycles. The van der Waals surface area contributed by atoms with E-state index in [4.69, 9.17) is 0 Å². The molecule has 0 radical (unpaired) electrons. The van der Waals surface area contributed by atoms with Crippen molar-refractivity contribution in [3.05, 3.63) is 64.4 Å². The zero-order chi connectivity index (χ0) is 17.8. The van der Waals surface area contributed by atoms with Crippen LogP contribution in [-0.4, -0.2) is 27.8 Å². The molecule has 4 nitrogen and oxygen atoms in total. The van der Waals surface area contributed by atoms with Gasteiger partial charge in [-0.05, 0) is 39.0 Å². The Balaban J connectivity index is 1.58.